The molecule has 0 bridgehead atoms. The van der Waals surface area contributed by atoms with Crippen LogP contribution in [0.1, 0.15) is 0 Å². The Morgan fingerprint density at radius 3 is 2.60 bits per heavy atom. The molecule has 0 spiro atoms. The maximum absolute atomic E-state index is 12.1. The van der Waals surface area contributed by atoms with E-state index in [0.29, 0.717) is 22.5 Å². The van der Waals surface area contributed by atoms with Gasteiger partial charge in [-0.25, -0.2) is 4.98 Å². The third kappa shape index (κ3) is 2.09. The second kappa shape index (κ2) is 4.70. The van der Waals surface area contributed by atoms with Gasteiger partial charge in [0.2, 0.25) is 0 Å². The Hall–Kier alpha value is -2.82. The van der Waals surface area contributed by atoms with Gasteiger partial charge in [0.25, 0.3) is 5.56 Å². The van der Waals surface area contributed by atoms with Crippen LogP contribution in [0.4, 0.5) is 0 Å². The van der Waals surface area contributed by atoms with Crippen LogP contribution in [0.5, 0.6) is 11.5 Å². The maximum Gasteiger partial charge on any atom is 0.259 e. The third-order valence-corrected chi connectivity index (χ3v) is 3.05. The number of aromatic hydroxyl groups is 1. The van der Waals surface area contributed by atoms with E-state index in [1.807, 2.05) is 0 Å². The van der Waals surface area contributed by atoms with Gasteiger partial charge in [0, 0.05) is 5.56 Å². The highest BCUT2D eigenvalue weighted by atomic mass is 16.5. The largest absolute Gasteiger partial charge is 0.508 e. The van der Waals surface area contributed by atoms with E-state index >= 15 is 0 Å². The number of methoxy groups -OCH3 is 1. The number of H-pyrrole nitrogens is 1. The first-order chi connectivity index (χ1) is 9.67. The average Bonchev–Trinajstić information content (AvgIpc) is 2.47. The molecule has 2 N–H and O–H groups in total. The van der Waals surface area contributed by atoms with Crippen LogP contribution in [0.3, 0.4) is 0 Å². The lowest BCUT2D eigenvalue weighted by Gasteiger charge is -2.05. The predicted molar refractivity (Wildman–Crippen MR) is 76.0 cm³/mol. The molecule has 3 rings (SSSR count). The summed E-state index contributed by atoms with van der Waals surface area (Å²) in [6.07, 6.45) is 0. The fourth-order valence-corrected chi connectivity index (χ4v) is 2.00. The van der Waals surface area contributed by atoms with Gasteiger partial charge < -0.3 is 14.8 Å². The quantitative estimate of drug-likeness (QED) is 0.747. The Kier molecular flexibility index (Phi) is 2.87. The predicted octanol–water partition coefficient (Wildman–Crippen LogP) is 2.30. The Labute approximate surface area is 114 Å². The number of hydrogen-bond donors (Lipinski definition) is 2. The number of aromatic amines is 1. The van der Waals surface area contributed by atoms with Crippen molar-refractivity contribution in [1.29, 1.82) is 0 Å². The minimum absolute atomic E-state index is 0.168. The molecule has 0 amide bonds. The second-order valence-electron chi connectivity index (χ2n) is 4.34. The number of hydrogen-bond acceptors (Lipinski definition) is 4. The summed E-state index contributed by atoms with van der Waals surface area (Å²) >= 11 is 0. The monoisotopic (exact) mass is 268 g/mol. The summed E-state index contributed by atoms with van der Waals surface area (Å²) in [4.78, 5) is 19.3. The molecule has 1 heterocycles. The molecule has 0 fully saturated rings. The molecule has 0 aliphatic rings. The molecule has 2 aromatic carbocycles. The summed E-state index contributed by atoms with van der Waals surface area (Å²) in [6, 6.07) is 11.7. The van der Waals surface area contributed by atoms with Gasteiger partial charge in [-0.2, -0.15) is 0 Å². The van der Waals surface area contributed by atoms with Crippen molar-refractivity contribution in [1.82, 2.24) is 9.97 Å². The molecule has 0 atom stereocenters. The smallest absolute Gasteiger partial charge is 0.259 e. The molecule has 100 valence electrons. The van der Waals surface area contributed by atoms with Gasteiger partial charge in [0.05, 0.1) is 18.0 Å². The van der Waals surface area contributed by atoms with E-state index in [4.69, 9.17) is 4.74 Å². The molecule has 0 aliphatic carbocycles. The van der Waals surface area contributed by atoms with Crippen LogP contribution < -0.4 is 10.3 Å². The van der Waals surface area contributed by atoms with E-state index in [1.54, 1.807) is 49.6 Å². The minimum Gasteiger partial charge on any atom is -0.508 e. The summed E-state index contributed by atoms with van der Waals surface area (Å²) in [5, 5.41) is 9.76. The van der Waals surface area contributed by atoms with E-state index in [9.17, 15) is 9.90 Å². The van der Waals surface area contributed by atoms with Crippen molar-refractivity contribution in [2.24, 2.45) is 0 Å². The molecule has 0 unspecified atom stereocenters. The Balaban J connectivity index is 2.19. The summed E-state index contributed by atoms with van der Waals surface area (Å²) < 4.78 is 5.10. The van der Waals surface area contributed by atoms with Crippen molar-refractivity contribution in [2.45, 2.75) is 0 Å². The van der Waals surface area contributed by atoms with Crippen LogP contribution in [0.2, 0.25) is 0 Å². The van der Waals surface area contributed by atoms with E-state index in [-0.39, 0.29) is 11.3 Å². The van der Waals surface area contributed by atoms with Crippen LogP contribution in [-0.4, -0.2) is 22.2 Å². The highest BCUT2D eigenvalue weighted by Crippen LogP contribution is 2.21. The Morgan fingerprint density at radius 2 is 1.90 bits per heavy atom. The number of phenols is 1. The number of benzene rings is 2. The Morgan fingerprint density at radius 1 is 1.15 bits per heavy atom. The van der Waals surface area contributed by atoms with Crippen molar-refractivity contribution in [3.05, 3.63) is 52.8 Å². The highest BCUT2D eigenvalue weighted by Gasteiger charge is 2.07. The molecule has 20 heavy (non-hydrogen) atoms. The van der Waals surface area contributed by atoms with Gasteiger partial charge in [-0.1, -0.05) is 0 Å². The number of rotatable bonds is 2. The summed E-state index contributed by atoms with van der Waals surface area (Å²) in [5.41, 5.74) is 1.10. The molecule has 0 radical (unpaired) electrons. The molecule has 5 heteroatoms. The molecule has 0 aliphatic heterocycles. The zero-order valence-electron chi connectivity index (χ0n) is 10.8. The standard InChI is InChI=1S/C15H12N2O3/c1-20-11-6-7-13-12(8-11)15(19)17-14(16-13)9-2-4-10(18)5-3-9/h2-8,18H,1H3,(H,16,17,19). The lowest BCUT2D eigenvalue weighted by molar-refractivity contribution is 0.415. The Bertz CT molecular complexity index is 823. The number of nitrogens with one attached hydrogen (secondary N) is 1. The summed E-state index contributed by atoms with van der Waals surface area (Å²) in [5.74, 6) is 1.25. The van der Waals surface area contributed by atoms with Crippen molar-refractivity contribution >= 4 is 10.9 Å². The van der Waals surface area contributed by atoms with E-state index in [2.05, 4.69) is 9.97 Å². The SMILES string of the molecule is COc1ccc2nc(-c3ccc(O)cc3)[nH]c(=O)c2c1. The molecular weight excluding hydrogens is 256 g/mol. The number of phenolic OH excluding ortho intramolecular Hbond substituents is 1. The number of ether oxygens (including phenoxy) is 1. The molecule has 0 saturated heterocycles. The van der Waals surface area contributed by atoms with Crippen LogP contribution in [0, 0.1) is 0 Å². The second-order valence-corrected chi connectivity index (χ2v) is 4.34. The zero-order valence-corrected chi connectivity index (χ0v) is 10.8. The van der Waals surface area contributed by atoms with Gasteiger partial charge in [-0.3, -0.25) is 4.79 Å². The summed E-state index contributed by atoms with van der Waals surface area (Å²) in [6.45, 7) is 0. The van der Waals surface area contributed by atoms with Gasteiger partial charge in [-0.05, 0) is 42.5 Å². The van der Waals surface area contributed by atoms with E-state index in [1.165, 1.54) is 0 Å². The first-order valence-electron chi connectivity index (χ1n) is 6.05. The average molecular weight is 268 g/mol. The van der Waals surface area contributed by atoms with Gasteiger partial charge in [-0.15, -0.1) is 0 Å². The molecule has 5 nitrogen and oxygen atoms in total. The third-order valence-electron chi connectivity index (χ3n) is 3.05. The van der Waals surface area contributed by atoms with E-state index < -0.39 is 0 Å². The van der Waals surface area contributed by atoms with Crippen molar-refractivity contribution in [2.75, 3.05) is 7.11 Å². The minimum atomic E-state index is -0.225. The molecular formula is C15H12N2O3. The molecule has 0 saturated carbocycles. The van der Waals surface area contributed by atoms with Crippen LogP contribution in [0.15, 0.2) is 47.3 Å². The van der Waals surface area contributed by atoms with Crippen molar-refractivity contribution < 1.29 is 9.84 Å². The number of aromatic nitrogens is 2. The van der Waals surface area contributed by atoms with Crippen LogP contribution >= 0.6 is 0 Å². The highest BCUT2D eigenvalue weighted by molar-refractivity contribution is 5.80. The lowest BCUT2D eigenvalue weighted by atomic mass is 10.2. The topological polar surface area (TPSA) is 75.2 Å². The lowest BCUT2D eigenvalue weighted by Crippen LogP contribution is -2.09. The molecule has 3 aromatic rings. The van der Waals surface area contributed by atoms with Crippen LogP contribution in [0.25, 0.3) is 22.3 Å². The van der Waals surface area contributed by atoms with Gasteiger partial charge in [0.15, 0.2) is 0 Å². The van der Waals surface area contributed by atoms with Gasteiger partial charge >= 0.3 is 0 Å². The number of nitrogens with zero attached hydrogens (tertiary/aromatic N) is 1. The van der Waals surface area contributed by atoms with Crippen molar-refractivity contribution in [3.8, 4) is 22.9 Å². The fraction of sp³-hybridized carbons (Fsp3) is 0.0667. The van der Waals surface area contributed by atoms with Crippen molar-refractivity contribution in [3.63, 3.8) is 0 Å². The zero-order chi connectivity index (χ0) is 14.1. The number of fused-ring (bicyclic) bond motifs is 1. The summed E-state index contributed by atoms with van der Waals surface area (Å²) in [7, 11) is 1.55. The van der Waals surface area contributed by atoms with E-state index in [0.717, 1.165) is 5.56 Å². The normalized spacial score (nSPS) is 10.7. The molecule has 1 aromatic heterocycles. The van der Waals surface area contributed by atoms with Gasteiger partial charge in [0.1, 0.15) is 17.3 Å². The maximum atomic E-state index is 12.1. The fourth-order valence-electron chi connectivity index (χ4n) is 2.00. The van der Waals surface area contributed by atoms with Crippen LogP contribution in [-0.2, 0) is 0 Å². The first kappa shape index (κ1) is 12.2. The first-order valence-corrected chi connectivity index (χ1v) is 6.05.